The van der Waals surface area contributed by atoms with Crippen molar-refractivity contribution in [2.24, 2.45) is 0 Å². The molecule has 1 aromatic rings. The van der Waals surface area contributed by atoms with E-state index < -0.39 is 4.92 Å². The van der Waals surface area contributed by atoms with Crippen LogP contribution in [0, 0.1) is 10.1 Å². The molecule has 1 rings (SSSR count). The predicted molar refractivity (Wildman–Crippen MR) is 58.8 cm³/mol. The van der Waals surface area contributed by atoms with E-state index in [2.05, 4.69) is 6.58 Å². The number of benzene rings is 1. The first-order chi connectivity index (χ1) is 7.58. The summed E-state index contributed by atoms with van der Waals surface area (Å²) in [6.07, 6.45) is 1.74. The van der Waals surface area contributed by atoms with Crippen LogP contribution >= 0.6 is 0 Å². The molecule has 0 aliphatic heterocycles. The number of hydrogen-bond donors (Lipinski definition) is 0. The normalized spacial score (nSPS) is 11.6. The van der Waals surface area contributed by atoms with E-state index in [4.69, 9.17) is 4.74 Å². The Morgan fingerprint density at radius 3 is 2.75 bits per heavy atom. The van der Waals surface area contributed by atoms with Crippen LogP contribution in [0.1, 0.15) is 17.3 Å². The van der Waals surface area contributed by atoms with Crippen LogP contribution in [-0.4, -0.2) is 17.3 Å². The van der Waals surface area contributed by atoms with Gasteiger partial charge in [0.25, 0.3) is 0 Å². The molecule has 0 saturated carbocycles. The first kappa shape index (κ1) is 11.9. The average Bonchev–Trinajstić information content (AvgIpc) is 2.29. The van der Waals surface area contributed by atoms with Gasteiger partial charge in [-0.15, -0.1) is 0 Å². The first-order valence-electron chi connectivity index (χ1n) is 4.61. The number of nitro benzene ring substituents is 1. The quantitative estimate of drug-likeness (QED) is 0.331. The number of ether oxygens (including phenoxy) is 1. The van der Waals surface area contributed by atoms with Gasteiger partial charge >= 0.3 is 5.69 Å². The van der Waals surface area contributed by atoms with Crippen LogP contribution < -0.4 is 4.74 Å². The van der Waals surface area contributed by atoms with Crippen molar-refractivity contribution in [1.29, 1.82) is 0 Å². The summed E-state index contributed by atoms with van der Waals surface area (Å²) in [6, 6.07) is 4.05. The second-order valence-electron chi connectivity index (χ2n) is 3.16. The fraction of sp³-hybridized carbons (Fsp3) is 0.182. The van der Waals surface area contributed by atoms with Crippen molar-refractivity contribution in [3.05, 3.63) is 46.5 Å². The standard InChI is InChI=1S/C11H11NO4/c1-3-8(2)16-11-5-4-9(7-13)6-10(11)12(14)15/h3-8H,1H2,2H3. The zero-order valence-electron chi connectivity index (χ0n) is 8.75. The third-order valence-electron chi connectivity index (χ3n) is 1.96. The van der Waals surface area contributed by atoms with E-state index in [1.54, 1.807) is 6.92 Å². The van der Waals surface area contributed by atoms with Crippen LogP contribution in [-0.2, 0) is 0 Å². The number of nitrogens with zero attached hydrogens (tertiary/aromatic N) is 1. The van der Waals surface area contributed by atoms with Gasteiger partial charge in [0, 0.05) is 11.6 Å². The minimum atomic E-state index is -0.585. The maximum absolute atomic E-state index is 10.7. The summed E-state index contributed by atoms with van der Waals surface area (Å²) in [7, 11) is 0. The van der Waals surface area contributed by atoms with Crippen molar-refractivity contribution >= 4 is 12.0 Å². The second kappa shape index (κ2) is 5.06. The van der Waals surface area contributed by atoms with Gasteiger partial charge in [0.1, 0.15) is 12.4 Å². The molecular weight excluding hydrogens is 210 g/mol. The highest BCUT2D eigenvalue weighted by atomic mass is 16.6. The fourth-order valence-corrected chi connectivity index (χ4v) is 1.10. The van der Waals surface area contributed by atoms with Crippen LogP contribution in [0.5, 0.6) is 5.75 Å². The summed E-state index contributed by atoms with van der Waals surface area (Å²) < 4.78 is 5.28. The summed E-state index contributed by atoms with van der Waals surface area (Å²) in [5.41, 5.74) is 0.0172. The summed E-state index contributed by atoms with van der Waals surface area (Å²) >= 11 is 0. The molecular formula is C11H11NO4. The van der Waals surface area contributed by atoms with E-state index in [1.807, 2.05) is 0 Å². The molecule has 0 aromatic heterocycles. The molecule has 0 radical (unpaired) electrons. The maximum Gasteiger partial charge on any atom is 0.311 e. The highest BCUT2D eigenvalue weighted by molar-refractivity contribution is 5.77. The summed E-state index contributed by atoms with van der Waals surface area (Å²) in [5.74, 6) is 0.128. The molecule has 1 aromatic carbocycles. The third-order valence-corrected chi connectivity index (χ3v) is 1.96. The Labute approximate surface area is 92.5 Å². The molecule has 0 aliphatic carbocycles. The number of aldehydes is 1. The minimum Gasteiger partial charge on any atom is -0.480 e. The van der Waals surface area contributed by atoms with Crippen LogP contribution in [0.25, 0.3) is 0 Å². The predicted octanol–water partition coefficient (Wildman–Crippen LogP) is 2.36. The van der Waals surface area contributed by atoms with Gasteiger partial charge in [-0.3, -0.25) is 14.9 Å². The Hall–Kier alpha value is -2.17. The first-order valence-corrected chi connectivity index (χ1v) is 4.61. The highest BCUT2D eigenvalue weighted by Crippen LogP contribution is 2.28. The van der Waals surface area contributed by atoms with Crippen LogP contribution in [0.4, 0.5) is 5.69 Å². The van der Waals surface area contributed by atoms with Gasteiger partial charge in [-0.25, -0.2) is 0 Å². The van der Waals surface area contributed by atoms with Gasteiger partial charge in [0.2, 0.25) is 0 Å². The largest absolute Gasteiger partial charge is 0.480 e. The van der Waals surface area contributed by atoms with E-state index in [0.29, 0.717) is 6.29 Å². The van der Waals surface area contributed by atoms with Gasteiger partial charge in [-0.1, -0.05) is 12.7 Å². The third kappa shape index (κ3) is 2.66. The van der Waals surface area contributed by atoms with Crippen molar-refractivity contribution in [2.45, 2.75) is 13.0 Å². The van der Waals surface area contributed by atoms with Gasteiger partial charge in [-0.05, 0) is 19.1 Å². The van der Waals surface area contributed by atoms with E-state index >= 15 is 0 Å². The Bertz CT molecular complexity index is 428. The van der Waals surface area contributed by atoms with Gasteiger partial charge in [-0.2, -0.15) is 0 Å². The molecule has 16 heavy (non-hydrogen) atoms. The molecule has 0 bridgehead atoms. The van der Waals surface area contributed by atoms with Gasteiger partial charge in [0.05, 0.1) is 4.92 Å². The lowest BCUT2D eigenvalue weighted by atomic mass is 10.2. The number of rotatable bonds is 5. The molecule has 1 atom stereocenters. The zero-order valence-corrected chi connectivity index (χ0v) is 8.75. The summed E-state index contributed by atoms with van der Waals surface area (Å²) in [6.45, 7) is 5.23. The van der Waals surface area contributed by atoms with E-state index in [1.165, 1.54) is 24.3 Å². The number of nitro groups is 1. The molecule has 0 heterocycles. The molecule has 5 heteroatoms. The molecule has 1 unspecified atom stereocenters. The van der Waals surface area contributed by atoms with Crippen molar-refractivity contribution < 1.29 is 14.5 Å². The average molecular weight is 221 g/mol. The summed E-state index contributed by atoms with van der Waals surface area (Å²) in [5, 5.41) is 10.7. The maximum atomic E-state index is 10.7. The lowest BCUT2D eigenvalue weighted by Gasteiger charge is -2.10. The lowest BCUT2D eigenvalue weighted by Crippen LogP contribution is -2.09. The molecule has 0 spiro atoms. The van der Waals surface area contributed by atoms with Crippen LogP contribution in [0.3, 0.4) is 0 Å². The van der Waals surface area contributed by atoms with Crippen molar-refractivity contribution in [3.63, 3.8) is 0 Å². The Morgan fingerprint density at radius 1 is 1.56 bits per heavy atom. The summed E-state index contributed by atoms with van der Waals surface area (Å²) in [4.78, 5) is 20.6. The van der Waals surface area contributed by atoms with Gasteiger partial charge < -0.3 is 4.74 Å². The highest BCUT2D eigenvalue weighted by Gasteiger charge is 2.16. The lowest BCUT2D eigenvalue weighted by molar-refractivity contribution is -0.386. The number of hydrogen-bond acceptors (Lipinski definition) is 4. The van der Waals surface area contributed by atoms with Crippen molar-refractivity contribution in [3.8, 4) is 5.75 Å². The van der Waals surface area contributed by atoms with Crippen LogP contribution in [0.15, 0.2) is 30.9 Å². The van der Waals surface area contributed by atoms with Gasteiger partial charge in [0.15, 0.2) is 5.75 Å². The smallest absolute Gasteiger partial charge is 0.311 e. The van der Waals surface area contributed by atoms with E-state index in [9.17, 15) is 14.9 Å². The molecule has 84 valence electrons. The molecule has 0 amide bonds. The molecule has 0 saturated heterocycles. The SMILES string of the molecule is C=CC(C)Oc1ccc(C=O)cc1[N+](=O)[O-]. The Morgan fingerprint density at radius 2 is 2.25 bits per heavy atom. The van der Waals surface area contributed by atoms with E-state index in [-0.39, 0.29) is 23.1 Å². The second-order valence-corrected chi connectivity index (χ2v) is 3.16. The Balaban J connectivity index is 3.12. The van der Waals surface area contributed by atoms with Crippen molar-refractivity contribution in [1.82, 2.24) is 0 Å². The molecule has 0 N–H and O–H groups in total. The Kier molecular flexibility index (Phi) is 3.77. The van der Waals surface area contributed by atoms with Crippen molar-refractivity contribution in [2.75, 3.05) is 0 Å². The monoisotopic (exact) mass is 221 g/mol. The molecule has 5 nitrogen and oxygen atoms in total. The molecule has 0 aliphatic rings. The van der Waals surface area contributed by atoms with E-state index in [0.717, 1.165) is 0 Å². The minimum absolute atomic E-state index is 0.128. The number of carbonyl (C=O) groups excluding carboxylic acids is 1. The molecule has 0 fully saturated rings. The topological polar surface area (TPSA) is 69.4 Å². The number of carbonyl (C=O) groups is 1. The van der Waals surface area contributed by atoms with Crippen LogP contribution in [0.2, 0.25) is 0 Å². The fourth-order valence-electron chi connectivity index (χ4n) is 1.10. The zero-order chi connectivity index (χ0) is 12.1.